The van der Waals surface area contributed by atoms with Gasteiger partial charge in [-0.1, -0.05) is 55.5 Å². The molecule has 0 saturated carbocycles. The molecule has 75 heavy (non-hydrogen) atoms. The van der Waals surface area contributed by atoms with Crippen molar-refractivity contribution in [3.05, 3.63) is 138 Å². The first-order chi connectivity index (χ1) is 36.6. The van der Waals surface area contributed by atoms with E-state index in [1.165, 1.54) is 0 Å². The first-order valence-corrected chi connectivity index (χ1v) is 24.8. The van der Waals surface area contributed by atoms with Crippen LogP contribution in [0.3, 0.4) is 0 Å². The predicted molar refractivity (Wildman–Crippen MR) is 291 cm³/mol. The lowest BCUT2D eigenvalue weighted by Gasteiger charge is -2.08. The Hall–Kier alpha value is -5.99. The third-order valence-electron chi connectivity index (χ3n) is 10.1. The zero-order valence-electron chi connectivity index (χ0n) is 45.4. The van der Waals surface area contributed by atoms with Crippen LogP contribution in [0.5, 0.6) is 23.0 Å². The fourth-order valence-corrected chi connectivity index (χ4v) is 5.78. The Balaban J connectivity index is 0.000000557. The van der Waals surface area contributed by atoms with E-state index in [0.717, 1.165) is 68.3 Å². The molecular formula is C58H84O17. The standard InChI is InChI=1S/C26H34O6.C16H24O5.C10H12O2.C6H14O4/c1-21(23-5-9-25(27-3)10-6-23)19-31-17-15-29-13-14-30-16-18-32-20-22(2)24-7-11-26(28-4)12-8-24;1-14(15-3-5-16(18-2)6-4-15)13-21-12-11-20-10-9-19-8-7-17;1-8(7-11)9-3-5-10(12-2)6-4-9;7-1-3-9-5-6-10-4-2-8/h5-12,19-20H,13-18H2,1-4H3;3-6,13,17H,7-12H2,1-2H3;3-8H,1-2H3;7-8H,1-6H2. The van der Waals surface area contributed by atoms with Gasteiger partial charge in [-0.15, -0.1) is 0 Å². The minimum atomic E-state index is -0.0316. The Morgan fingerprint density at radius 3 is 0.827 bits per heavy atom. The molecule has 1 unspecified atom stereocenters. The van der Waals surface area contributed by atoms with Crippen LogP contribution in [-0.2, 0) is 47.4 Å². The molecule has 4 rings (SSSR count). The molecule has 3 N–H and O–H groups in total. The van der Waals surface area contributed by atoms with Crippen LogP contribution in [0.4, 0.5) is 0 Å². The van der Waals surface area contributed by atoms with E-state index in [4.69, 9.17) is 76.9 Å². The zero-order valence-corrected chi connectivity index (χ0v) is 45.4. The van der Waals surface area contributed by atoms with Crippen molar-refractivity contribution < 1.29 is 81.7 Å². The van der Waals surface area contributed by atoms with Crippen LogP contribution in [0.2, 0.25) is 0 Å². The summed E-state index contributed by atoms with van der Waals surface area (Å²) in [5.74, 6) is 3.30. The number of aliphatic hydroxyl groups excluding tert-OH is 3. The maximum absolute atomic E-state index is 10.4. The van der Waals surface area contributed by atoms with Crippen LogP contribution in [0.1, 0.15) is 55.9 Å². The number of ether oxygens (including phenoxy) is 13. The second-order valence-electron chi connectivity index (χ2n) is 15.7. The van der Waals surface area contributed by atoms with E-state index < -0.39 is 0 Å². The number of hydrogen-bond donors (Lipinski definition) is 3. The second kappa shape index (κ2) is 46.5. The molecule has 0 fully saturated rings. The molecule has 0 bridgehead atoms. The van der Waals surface area contributed by atoms with Crippen LogP contribution in [-0.4, -0.2) is 169 Å². The Bertz CT molecular complexity index is 1960. The summed E-state index contributed by atoms with van der Waals surface area (Å²) >= 11 is 0. The molecule has 0 spiro atoms. The summed E-state index contributed by atoms with van der Waals surface area (Å²) in [6, 6.07) is 31.1. The number of hydrogen-bond acceptors (Lipinski definition) is 17. The van der Waals surface area contributed by atoms with E-state index in [-0.39, 0.29) is 25.7 Å². The number of methoxy groups -OCH3 is 4. The molecule has 0 aliphatic carbocycles. The van der Waals surface area contributed by atoms with Crippen molar-refractivity contribution in [3.63, 3.8) is 0 Å². The van der Waals surface area contributed by atoms with Gasteiger partial charge in [0.1, 0.15) is 49.1 Å². The summed E-state index contributed by atoms with van der Waals surface area (Å²) in [7, 11) is 6.58. The molecule has 0 amide bonds. The molecule has 4 aromatic carbocycles. The molecule has 0 radical (unpaired) electrons. The van der Waals surface area contributed by atoms with Gasteiger partial charge in [0.05, 0.1) is 146 Å². The van der Waals surface area contributed by atoms with Crippen molar-refractivity contribution in [3.8, 4) is 23.0 Å². The van der Waals surface area contributed by atoms with Crippen molar-refractivity contribution in [2.45, 2.75) is 33.6 Å². The van der Waals surface area contributed by atoms with E-state index in [9.17, 15) is 4.79 Å². The zero-order chi connectivity index (χ0) is 55.0. The van der Waals surface area contributed by atoms with Gasteiger partial charge in [-0.3, -0.25) is 0 Å². The molecular weight excluding hydrogens is 969 g/mol. The highest BCUT2D eigenvalue weighted by Gasteiger charge is 2.03. The average Bonchev–Trinajstić information content (AvgIpc) is 3.46. The number of rotatable bonds is 36. The molecule has 17 heteroatoms. The number of benzene rings is 4. The normalized spacial score (nSPS) is 11.6. The molecule has 17 nitrogen and oxygen atoms in total. The Labute approximate surface area is 445 Å². The third-order valence-corrected chi connectivity index (χ3v) is 10.1. The van der Waals surface area contributed by atoms with Gasteiger partial charge in [0.15, 0.2) is 0 Å². The van der Waals surface area contributed by atoms with Gasteiger partial charge in [-0.2, -0.15) is 0 Å². The average molecular weight is 1050 g/mol. The predicted octanol–water partition coefficient (Wildman–Crippen LogP) is 8.29. The monoisotopic (exact) mass is 1050 g/mol. The topological polar surface area (TPSA) is 198 Å². The van der Waals surface area contributed by atoms with Crippen molar-refractivity contribution >= 4 is 23.0 Å². The fourth-order valence-electron chi connectivity index (χ4n) is 5.78. The van der Waals surface area contributed by atoms with Gasteiger partial charge < -0.3 is 81.7 Å². The number of carbonyl (C=O) groups is 1. The molecule has 1 atom stereocenters. The number of carbonyl (C=O) groups excluding carboxylic acids is 1. The highest BCUT2D eigenvalue weighted by Crippen LogP contribution is 2.21. The first-order valence-electron chi connectivity index (χ1n) is 24.8. The highest BCUT2D eigenvalue weighted by molar-refractivity contribution is 5.65. The van der Waals surface area contributed by atoms with Crippen molar-refractivity contribution in [1.29, 1.82) is 0 Å². The van der Waals surface area contributed by atoms with E-state index in [1.807, 2.05) is 125 Å². The van der Waals surface area contributed by atoms with Crippen LogP contribution in [0, 0.1) is 0 Å². The molecule has 418 valence electrons. The lowest BCUT2D eigenvalue weighted by atomic mass is 10.0. The van der Waals surface area contributed by atoms with Crippen LogP contribution < -0.4 is 18.9 Å². The summed E-state index contributed by atoms with van der Waals surface area (Å²) < 4.78 is 68.1. The van der Waals surface area contributed by atoms with Gasteiger partial charge in [-0.25, -0.2) is 0 Å². The lowest BCUT2D eigenvalue weighted by molar-refractivity contribution is -0.108. The Morgan fingerprint density at radius 1 is 0.373 bits per heavy atom. The molecule has 4 aromatic rings. The van der Waals surface area contributed by atoms with Crippen molar-refractivity contribution in [1.82, 2.24) is 0 Å². The minimum absolute atomic E-state index is 0.0316. The number of aliphatic hydroxyl groups is 3. The Kier molecular flexibility index (Phi) is 41.6. The van der Waals surface area contributed by atoms with Crippen LogP contribution >= 0.6 is 0 Å². The van der Waals surface area contributed by atoms with Gasteiger partial charge in [0, 0.05) is 5.92 Å². The van der Waals surface area contributed by atoms with E-state index in [2.05, 4.69) is 0 Å². The van der Waals surface area contributed by atoms with Crippen LogP contribution in [0.25, 0.3) is 16.7 Å². The van der Waals surface area contributed by atoms with Gasteiger partial charge in [-0.05, 0) is 108 Å². The van der Waals surface area contributed by atoms with E-state index in [0.29, 0.717) is 99.1 Å². The van der Waals surface area contributed by atoms with Gasteiger partial charge in [0.25, 0.3) is 0 Å². The maximum atomic E-state index is 10.4. The summed E-state index contributed by atoms with van der Waals surface area (Å²) in [5, 5.41) is 25.0. The van der Waals surface area contributed by atoms with E-state index >= 15 is 0 Å². The van der Waals surface area contributed by atoms with Gasteiger partial charge in [0.2, 0.25) is 0 Å². The highest BCUT2D eigenvalue weighted by atomic mass is 16.6. The summed E-state index contributed by atoms with van der Waals surface area (Å²) in [6.07, 6.45) is 6.16. The minimum Gasteiger partial charge on any atom is -0.498 e. The number of aldehydes is 1. The quantitative estimate of drug-likeness (QED) is 0.0223. The summed E-state index contributed by atoms with van der Waals surface area (Å²) in [6.45, 7) is 15.0. The SMILES string of the molecule is COc1ccc(C(C)=COCCOCCOCCO)cc1.COc1ccc(C(C)=COCCOCCOCCOC=C(C)c2ccc(OC)cc2)cc1.COc1ccc(C(C)C=O)cc1.OCCOCCOCCO. The fraction of sp³-hybridized carbons (Fsp3) is 0.466. The summed E-state index contributed by atoms with van der Waals surface area (Å²) in [4.78, 5) is 10.4. The molecule has 0 aliphatic rings. The largest absolute Gasteiger partial charge is 0.498 e. The second-order valence-corrected chi connectivity index (χ2v) is 15.7. The lowest BCUT2D eigenvalue weighted by Crippen LogP contribution is -2.10. The first kappa shape index (κ1) is 67.0. The van der Waals surface area contributed by atoms with Crippen molar-refractivity contribution in [2.75, 3.05) is 147 Å². The van der Waals surface area contributed by atoms with Crippen molar-refractivity contribution in [2.24, 2.45) is 0 Å². The van der Waals surface area contributed by atoms with Gasteiger partial charge >= 0.3 is 0 Å². The molecule has 0 aromatic heterocycles. The Morgan fingerprint density at radius 2 is 0.600 bits per heavy atom. The van der Waals surface area contributed by atoms with E-state index in [1.54, 1.807) is 47.2 Å². The summed E-state index contributed by atoms with van der Waals surface area (Å²) in [5.41, 5.74) is 7.44. The van der Waals surface area contributed by atoms with Crippen LogP contribution in [0.15, 0.2) is 116 Å². The number of allylic oxidation sites excluding steroid dienone is 3. The smallest absolute Gasteiger partial charge is 0.127 e. The maximum Gasteiger partial charge on any atom is 0.127 e. The third kappa shape index (κ3) is 34.3. The molecule has 0 heterocycles. The molecule has 0 aliphatic heterocycles. The molecule has 0 saturated heterocycles.